The Balaban J connectivity index is 2.27. The Morgan fingerprint density at radius 1 is 1.23 bits per heavy atom. The molecule has 3 N–H and O–H groups in total. The van der Waals surface area contributed by atoms with Crippen LogP contribution in [0.1, 0.15) is 66.2 Å². The molecule has 2 amide bonds. The summed E-state index contributed by atoms with van der Waals surface area (Å²) in [6.45, 7) is 8.19. The molecule has 1 aliphatic rings. The molecule has 1 fully saturated rings. The quantitative estimate of drug-likeness (QED) is 0.641. The third-order valence-electron chi connectivity index (χ3n) is 4.22. The Labute approximate surface area is 134 Å². The number of carbonyl (C=O) groups is 2. The van der Waals surface area contributed by atoms with Crippen molar-refractivity contribution in [3.8, 4) is 0 Å². The molecule has 0 aliphatic heterocycles. The molecule has 0 aromatic carbocycles. The second kappa shape index (κ2) is 8.51. The van der Waals surface area contributed by atoms with Crippen LogP contribution in [0.4, 0.5) is 0 Å². The molecule has 1 saturated carbocycles. The normalized spacial score (nSPS) is 18.8. The van der Waals surface area contributed by atoms with E-state index in [9.17, 15) is 14.7 Å². The molecule has 2 unspecified atom stereocenters. The number of hydrogen-bond donors (Lipinski definition) is 3. The third kappa shape index (κ3) is 7.25. The summed E-state index contributed by atoms with van der Waals surface area (Å²) in [5, 5.41) is 15.3. The molecule has 0 aromatic heterocycles. The van der Waals surface area contributed by atoms with E-state index in [1.165, 1.54) is 0 Å². The Hall–Kier alpha value is -1.10. The number of rotatable bonds is 8. The van der Waals surface area contributed by atoms with E-state index in [1.54, 1.807) is 6.92 Å². The highest BCUT2D eigenvalue weighted by molar-refractivity contribution is 5.81. The minimum Gasteiger partial charge on any atom is -0.393 e. The maximum atomic E-state index is 12.0. The van der Waals surface area contributed by atoms with Crippen molar-refractivity contribution >= 4 is 11.8 Å². The number of carbonyl (C=O) groups excluding carboxylic acids is 2. The van der Waals surface area contributed by atoms with Crippen LogP contribution in [0, 0.1) is 11.3 Å². The summed E-state index contributed by atoms with van der Waals surface area (Å²) in [6, 6.07) is -0.145. The third-order valence-corrected chi connectivity index (χ3v) is 4.22. The number of amides is 2. The van der Waals surface area contributed by atoms with Crippen LogP contribution in [0.15, 0.2) is 0 Å². The van der Waals surface area contributed by atoms with Gasteiger partial charge in [0, 0.05) is 24.9 Å². The molecule has 2 atom stereocenters. The minimum atomic E-state index is -0.378. The fraction of sp³-hybridized carbons (Fsp3) is 0.882. The van der Waals surface area contributed by atoms with Gasteiger partial charge in [-0.15, -0.1) is 0 Å². The maximum Gasteiger partial charge on any atom is 0.223 e. The minimum absolute atomic E-state index is 0.0575. The number of nitrogens with one attached hydrogen (secondary N) is 2. The summed E-state index contributed by atoms with van der Waals surface area (Å²) in [7, 11) is 0. The second-order valence-corrected chi connectivity index (χ2v) is 7.59. The highest BCUT2D eigenvalue weighted by Gasteiger charge is 2.25. The Kier molecular flexibility index (Phi) is 7.33. The van der Waals surface area contributed by atoms with Gasteiger partial charge in [0.05, 0.1) is 6.10 Å². The first-order valence-electron chi connectivity index (χ1n) is 8.45. The lowest BCUT2D eigenvalue weighted by atomic mass is 9.87. The lowest BCUT2D eigenvalue weighted by Gasteiger charge is -2.26. The van der Waals surface area contributed by atoms with E-state index in [0.717, 1.165) is 25.7 Å². The highest BCUT2D eigenvalue weighted by atomic mass is 16.3. The molecule has 0 saturated heterocycles. The van der Waals surface area contributed by atoms with Gasteiger partial charge in [-0.1, -0.05) is 26.7 Å². The summed E-state index contributed by atoms with van der Waals surface area (Å²) in [5.41, 5.74) is -0.139. The first-order chi connectivity index (χ1) is 10.2. The zero-order valence-corrected chi connectivity index (χ0v) is 14.4. The fourth-order valence-electron chi connectivity index (χ4n) is 3.16. The number of aliphatic hydroxyl groups is 1. The van der Waals surface area contributed by atoms with Crippen LogP contribution < -0.4 is 10.6 Å². The van der Waals surface area contributed by atoms with E-state index < -0.39 is 0 Å². The lowest BCUT2D eigenvalue weighted by molar-refractivity contribution is -0.126. The van der Waals surface area contributed by atoms with Crippen LogP contribution >= 0.6 is 0 Å². The van der Waals surface area contributed by atoms with Gasteiger partial charge in [-0.3, -0.25) is 9.59 Å². The van der Waals surface area contributed by atoms with Crippen molar-refractivity contribution in [2.24, 2.45) is 11.3 Å². The maximum absolute atomic E-state index is 12.0. The Bertz CT molecular complexity index is 374. The standard InChI is InChI=1S/C17H32N2O3/c1-12(19-16(22)14-7-5-6-8-14)9-15(21)18-11-17(3,4)10-13(2)20/h12-14,20H,5-11H2,1-4H3,(H,18,21)(H,19,22). The summed E-state index contributed by atoms with van der Waals surface area (Å²) in [6.07, 6.45) is 4.76. The van der Waals surface area contributed by atoms with Crippen LogP contribution in [0.25, 0.3) is 0 Å². The van der Waals surface area contributed by atoms with Crippen LogP contribution in [-0.2, 0) is 9.59 Å². The predicted molar refractivity (Wildman–Crippen MR) is 87.3 cm³/mol. The van der Waals surface area contributed by atoms with Gasteiger partial charge in [0.1, 0.15) is 0 Å². The zero-order valence-electron chi connectivity index (χ0n) is 14.4. The van der Waals surface area contributed by atoms with E-state index in [2.05, 4.69) is 10.6 Å². The topological polar surface area (TPSA) is 78.4 Å². The van der Waals surface area contributed by atoms with Gasteiger partial charge >= 0.3 is 0 Å². The van der Waals surface area contributed by atoms with Gasteiger partial charge in [-0.25, -0.2) is 0 Å². The summed E-state index contributed by atoms with van der Waals surface area (Å²) in [5.74, 6) is 0.167. The molecular weight excluding hydrogens is 280 g/mol. The highest BCUT2D eigenvalue weighted by Crippen LogP contribution is 2.25. The molecule has 0 radical (unpaired) electrons. The van der Waals surface area contributed by atoms with Gasteiger partial charge < -0.3 is 15.7 Å². The lowest BCUT2D eigenvalue weighted by Crippen LogP contribution is -2.41. The molecule has 5 nitrogen and oxygen atoms in total. The summed E-state index contributed by atoms with van der Waals surface area (Å²) < 4.78 is 0. The van der Waals surface area contributed by atoms with Gasteiger partial charge in [-0.05, 0) is 38.5 Å². The Morgan fingerprint density at radius 3 is 2.36 bits per heavy atom. The number of aliphatic hydroxyl groups excluding tert-OH is 1. The van der Waals surface area contributed by atoms with Crippen molar-refractivity contribution in [1.82, 2.24) is 10.6 Å². The van der Waals surface area contributed by atoms with Crippen molar-refractivity contribution in [1.29, 1.82) is 0 Å². The van der Waals surface area contributed by atoms with Gasteiger partial charge in [0.2, 0.25) is 11.8 Å². The van der Waals surface area contributed by atoms with Crippen LogP contribution in [-0.4, -0.2) is 35.6 Å². The predicted octanol–water partition coefficient (Wildman–Crippen LogP) is 1.98. The molecule has 22 heavy (non-hydrogen) atoms. The van der Waals surface area contributed by atoms with Crippen molar-refractivity contribution < 1.29 is 14.7 Å². The largest absolute Gasteiger partial charge is 0.393 e. The molecule has 0 heterocycles. The molecular formula is C17H32N2O3. The van der Waals surface area contributed by atoms with Crippen LogP contribution in [0.5, 0.6) is 0 Å². The molecule has 0 spiro atoms. The first-order valence-corrected chi connectivity index (χ1v) is 8.45. The van der Waals surface area contributed by atoms with Crippen molar-refractivity contribution in [3.05, 3.63) is 0 Å². The van der Waals surface area contributed by atoms with E-state index in [4.69, 9.17) is 0 Å². The van der Waals surface area contributed by atoms with Crippen molar-refractivity contribution in [3.63, 3.8) is 0 Å². The SMILES string of the molecule is CC(O)CC(C)(C)CNC(=O)CC(C)NC(=O)C1CCCC1. The first kappa shape index (κ1) is 18.9. The Morgan fingerprint density at radius 2 is 1.82 bits per heavy atom. The molecule has 1 rings (SSSR count). The average Bonchev–Trinajstić information content (AvgIpc) is 2.88. The van der Waals surface area contributed by atoms with Gasteiger partial charge in [0.15, 0.2) is 0 Å². The van der Waals surface area contributed by atoms with E-state index in [0.29, 0.717) is 19.4 Å². The van der Waals surface area contributed by atoms with E-state index in [-0.39, 0.29) is 35.3 Å². The molecule has 128 valence electrons. The average molecular weight is 312 g/mol. The van der Waals surface area contributed by atoms with Crippen molar-refractivity contribution in [2.75, 3.05) is 6.54 Å². The van der Waals surface area contributed by atoms with E-state index >= 15 is 0 Å². The smallest absolute Gasteiger partial charge is 0.223 e. The van der Waals surface area contributed by atoms with Crippen molar-refractivity contribution in [2.45, 2.75) is 78.4 Å². The van der Waals surface area contributed by atoms with Crippen LogP contribution in [0.3, 0.4) is 0 Å². The zero-order chi connectivity index (χ0) is 16.8. The van der Waals surface area contributed by atoms with Crippen LogP contribution in [0.2, 0.25) is 0 Å². The molecule has 0 aromatic rings. The molecule has 5 heteroatoms. The monoisotopic (exact) mass is 312 g/mol. The number of hydrogen-bond acceptors (Lipinski definition) is 3. The molecule has 0 bridgehead atoms. The second-order valence-electron chi connectivity index (χ2n) is 7.59. The van der Waals surface area contributed by atoms with Gasteiger partial charge in [0.25, 0.3) is 0 Å². The fourth-order valence-corrected chi connectivity index (χ4v) is 3.16. The van der Waals surface area contributed by atoms with Gasteiger partial charge in [-0.2, -0.15) is 0 Å². The molecule has 1 aliphatic carbocycles. The summed E-state index contributed by atoms with van der Waals surface area (Å²) >= 11 is 0. The van der Waals surface area contributed by atoms with E-state index in [1.807, 2.05) is 20.8 Å². The summed E-state index contributed by atoms with van der Waals surface area (Å²) in [4.78, 5) is 24.0.